The molecule has 0 saturated heterocycles. The summed E-state index contributed by atoms with van der Waals surface area (Å²) in [4.78, 5) is 4.84. The molecule has 0 aliphatic heterocycles. The average molecular weight is 460 g/mol. The predicted molar refractivity (Wildman–Crippen MR) is 145 cm³/mol. The van der Waals surface area contributed by atoms with Crippen LogP contribution < -0.4 is 0 Å². The number of pyridine rings is 1. The van der Waals surface area contributed by atoms with E-state index in [9.17, 15) is 0 Å². The number of nitrogens with zero attached hydrogens (tertiary/aromatic N) is 1. The zero-order chi connectivity index (χ0) is 22.5. The van der Waals surface area contributed by atoms with Crippen LogP contribution in [0.4, 0.5) is 0 Å². The largest absolute Gasteiger partial charge is 0.256 e. The van der Waals surface area contributed by atoms with Gasteiger partial charge in [-0.1, -0.05) is 67.4 Å². The van der Waals surface area contributed by atoms with Gasteiger partial charge in [0.15, 0.2) is 0 Å². The van der Waals surface area contributed by atoms with Gasteiger partial charge in [-0.3, -0.25) is 4.98 Å². The van der Waals surface area contributed by atoms with Gasteiger partial charge in [-0.15, -0.1) is 11.3 Å². The molecule has 34 heavy (non-hydrogen) atoms. The second-order valence-electron chi connectivity index (χ2n) is 10.4. The van der Waals surface area contributed by atoms with Gasteiger partial charge in [0.1, 0.15) is 0 Å². The van der Waals surface area contributed by atoms with Crippen molar-refractivity contribution < 1.29 is 0 Å². The highest BCUT2D eigenvalue weighted by Gasteiger charge is 2.35. The van der Waals surface area contributed by atoms with E-state index in [0.717, 1.165) is 23.4 Å². The fraction of sp³-hybridized carbons (Fsp3) is 0.281. The maximum Gasteiger partial charge on any atom is 0.0719 e. The van der Waals surface area contributed by atoms with E-state index < -0.39 is 0 Å². The molecule has 0 spiro atoms. The first kappa shape index (κ1) is 20.4. The fourth-order valence-electron chi connectivity index (χ4n) is 6.63. The Balaban J connectivity index is 1.27. The quantitative estimate of drug-likeness (QED) is 0.261. The molecule has 1 unspecified atom stereocenters. The summed E-state index contributed by atoms with van der Waals surface area (Å²) in [5, 5.41) is 2.68. The van der Waals surface area contributed by atoms with E-state index in [1.54, 1.807) is 0 Å². The van der Waals surface area contributed by atoms with E-state index in [4.69, 9.17) is 4.98 Å². The Kier molecular flexibility index (Phi) is 5.02. The number of hydrogen-bond acceptors (Lipinski definition) is 2. The summed E-state index contributed by atoms with van der Waals surface area (Å²) in [5.74, 6) is 2.81. The summed E-state index contributed by atoms with van der Waals surface area (Å²) in [6.45, 7) is 0. The third-order valence-electron chi connectivity index (χ3n) is 8.40. The first-order valence-corrected chi connectivity index (χ1v) is 13.6. The zero-order valence-corrected chi connectivity index (χ0v) is 20.2. The van der Waals surface area contributed by atoms with Crippen LogP contribution >= 0.6 is 11.3 Å². The Morgan fingerprint density at radius 1 is 0.765 bits per heavy atom. The summed E-state index contributed by atoms with van der Waals surface area (Å²) >= 11 is 1.90. The van der Waals surface area contributed by atoms with Gasteiger partial charge < -0.3 is 0 Å². The number of rotatable bonds is 4. The second-order valence-corrected chi connectivity index (χ2v) is 11.4. The van der Waals surface area contributed by atoms with Gasteiger partial charge in [0, 0.05) is 31.9 Å². The smallest absolute Gasteiger partial charge is 0.0719 e. The Bertz CT molecular complexity index is 1470. The van der Waals surface area contributed by atoms with Crippen molar-refractivity contribution in [3.8, 4) is 22.4 Å². The highest BCUT2D eigenvalue weighted by molar-refractivity contribution is 7.26. The summed E-state index contributed by atoms with van der Waals surface area (Å²) in [5.41, 5.74) is 6.41. The second kappa shape index (κ2) is 8.36. The first-order valence-electron chi connectivity index (χ1n) is 12.8. The Hall–Kier alpha value is -2.97. The molecule has 0 radical (unpaired) electrons. The lowest BCUT2D eigenvalue weighted by atomic mass is 9.63. The molecule has 3 fully saturated rings. The van der Waals surface area contributed by atoms with Crippen LogP contribution in [0.15, 0.2) is 85.1 Å². The molecule has 0 amide bonds. The monoisotopic (exact) mass is 459 g/mol. The van der Waals surface area contributed by atoms with Crippen LogP contribution in [0.1, 0.15) is 37.7 Å². The molecule has 1 atom stereocenters. The van der Waals surface area contributed by atoms with Gasteiger partial charge in [-0.25, -0.2) is 0 Å². The van der Waals surface area contributed by atoms with Gasteiger partial charge in [0.25, 0.3) is 0 Å². The maximum absolute atomic E-state index is 4.84. The Labute approximate surface area is 205 Å². The minimum Gasteiger partial charge on any atom is -0.256 e. The molecule has 3 aliphatic carbocycles. The molecule has 1 nitrogen and oxygen atoms in total. The van der Waals surface area contributed by atoms with E-state index in [1.165, 1.54) is 81.0 Å². The van der Waals surface area contributed by atoms with Crippen molar-refractivity contribution in [3.05, 3.63) is 90.6 Å². The number of benzene rings is 3. The van der Waals surface area contributed by atoms with Crippen molar-refractivity contribution in [2.24, 2.45) is 17.8 Å². The van der Waals surface area contributed by atoms with Crippen molar-refractivity contribution >= 4 is 31.5 Å². The Morgan fingerprint density at radius 2 is 1.65 bits per heavy atom. The summed E-state index contributed by atoms with van der Waals surface area (Å²) < 4.78 is 2.70. The van der Waals surface area contributed by atoms with Gasteiger partial charge >= 0.3 is 0 Å². The summed E-state index contributed by atoms with van der Waals surface area (Å²) in [6.07, 6.45) is 10.6. The van der Waals surface area contributed by atoms with Crippen LogP contribution in [0.2, 0.25) is 0 Å². The van der Waals surface area contributed by atoms with Gasteiger partial charge in [-0.2, -0.15) is 0 Å². The minimum atomic E-state index is 0.874. The van der Waals surface area contributed by atoms with E-state index in [0.29, 0.717) is 0 Å². The molecule has 2 aromatic heterocycles. The molecule has 8 rings (SSSR count). The van der Waals surface area contributed by atoms with Crippen molar-refractivity contribution in [1.82, 2.24) is 4.98 Å². The number of aromatic nitrogens is 1. The predicted octanol–water partition coefficient (Wildman–Crippen LogP) is 9.15. The summed E-state index contributed by atoms with van der Waals surface area (Å²) in [6, 6.07) is 28.9. The maximum atomic E-state index is 4.84. The lowest BCUT2D eigenvalue weighted by molar-refractivity contribution is 0.0991. The third kappa shape index (κ3) is 3.56. The lowest BCUT2D eigenvalue weighted by Gasteiger charge is -2.42. The van der Waals surface area contributed by atoms with E-state index >= 15 is 0 Å². The van der Waals surface area contributed by atoms with Crippen LogP contribution in [0, 0.1) is 17.8 Å². The molecular formula is C32H29NS. The normalized spacial score (nSPS) is 21.9. The molecule has 3 saturated carbocycles. The molecule has 2 bridgehead atoms. The number of hydrogen-bond donors (Lipinski definition) is 0. The third-order valence-corrected chi connectivity index (χ3v) is 9.62. The van der Waals surface area contributed by atoms with Gasteiger partial charge in [-0.05, 0) is 84.4 Å². The van der Waals surface area contributed by atoms with Crippen molar-refractivity contribution in [2.75, 3.05) is 0 Å². The average Bonchev–Trinajstić information content (AvgIpc) is 3.28. The first-order chi connectivity index (χ1) is 16.8. The van der Waals surface area contributed by atoms with Crippen LogP contribution in [0.5, 0.6) is 0 Å². The zero-order valence-electron chi connectivity index (χ0n) is 19.4. The standard InChI is InChI=1S/C32H29NS/c1-2-5-23(6-3-1)25-13-14-31-29(20-25)27-7-4-8-28(32(27)34-31)30-19-22(15-16-33-30)18-26-17-21-9-11-24(26)12-10-21/h1-8,13-16,19-21,24,26H,9-12,17-18H2. The molecule has 2 heteroatoms. The molecule has 3 aromatic carbocycles. The molecule has 5 aromatic rings. The van der Waals surface area contributed by atoms with Crippen molar-refractivity contribution in [3.63, 3.8) is 0 Å². The van der Waals surface area contributed by atoms with Crippen LogP contribution in [0.3, 0.4) is 0 Å². The van der Waals surface area contributed by atoms with E-state index in [1.807, 2.05) is 17.5 Å². The molecule has 0 N–H and O–H groups in total. The van der Waals surface area contributed by atoms with E-state index in [2.05, 4.69) is 78.9 Å². The van der Waals surface area contributed by atoms with Crippen molar-refractivity contribution in [1.29, 1.82) is 0 Å². The van der Waals surface area contributed by atoms with Gasteiger partial charge in [0.2, 0.25) is 0 Å². The number of fused-ring (bicyclic) bond motifs is 6. The van der Waals surface area contributed by atoms with Crippen LogP contribution in [-0.4, -0.2) is 4.98 Å². The van der Waals surface area contributed by atoms with Crippen molar-refractivity contribution in [2.45, 2.75) is 38.5 Å². The minimum absolute atomic E-state index is 0.874. The SMILES string of the molecule is c1ccc(-c2ccc3sc4c(-c5cc(CC6CC7CCC6CC7)ccn5)cccc4c3c2)cc1. The van der Waals surface area contributed by atoms with Crippen LogP contribution in [-0.2, 0) is 6.42 Å². The lowest BCUT2D eigenvalue weighted by Crippen LogP contribution is -2.32. The van der Waals surface area contributed by atoms with Gasteiger partial charge in [0.05, 0.1) is 5.69 Å². The van der Waals surface area contributed by atoms with E-state index in [-0.39, 0.29) is 0 Å². The highest BCUT2D eigenvalue weighted by Crippen LogP contribution is 2.46. The Morgan fingerprint density at radius 3 is 2.47 bits per heavy atom. The molecular weight excluding hydrogens is 430 g/mol. The molecule has 2 heterocycles. The molecule has 168 valence electrons. The highest BCUT2D eigenvalue weighted by atomic mass is 32.1. The van der Waals surface area contributed by atoms with Crippen LogP contribution in [0.25, 0.3) is 42.6 Å². The summed E-state index contributed by atoms with van der Waals surface area (Å²) in [7, 11) is 0. The fourth-order valence-corrected chi connectivity index (χ4v) is 7.83. The molecule has 3 aliphatic rings. The topological polar surface area (TPSA) is 12.9 Å². The number of thiophene rings is 1.